The molecular weight excluding hydrogens is 657 g/mol. The van der Waals surface area contributed by atoms with Crippen LogP contribution in [0.4, 0.5) is 0 Å². The first kappa shape index (κ1) is 38.9. The first-order chi connectivity index (χ1) is 25.2. The molecule has 0 radical (unpaired) electrons. The monoisotopic (exact) mass is 735 g/mol. The van der Waals surface area contributed by atoms with E-state index in [0.717, 1.165) is 74.0 Å². The molecule has 0 aromatic heterocycles. The third-order valence-corrected chi connectivity index (χ3v) is 20.6. The van der Waals surface area contributed by atoms with E-state index in [1.54, 1.807) is 0 Å². The number of ether oxygens (including phenoxy) is 1. The molecule has 0 heterocycles. The molecule has 0 saturated heterocycles. The summed E-state index contributed by atoms with van der Waals surface area (Å²) in [6.45, 7) is 15.1. The Hall–Kier alpha value is -0.940. The summed E-state index contributed by atoms with van der Waals surface area (Å²) in [6.07, 6.45) is 24.5. The minimum Gasteiger partial charge on any atom is -0.393 e. The standard InChI is InChI=1S/C48H78O5/c1-29(37-13-15-39-35-11-9-31-27-33(49)19-23-45(31,3)41(35)21-25-47(37,39)5)7-17-43(51)53-44(52)18-8-30(2)38-14-16-40-36-12-10-32-28-34(50)20-24-46(32,4)42(36)22-26-48(38,40)6/h29-42,49-50H,7-28H2,1-6H3/t29?,30?,31?,32?,33-,34-,35+,36+,37-,38-,39+,40+,41+,42+,45+,46+,47-,48-/m1/s1. The van der Waals surface area contributed by atoms with E-state index < -0.39 is 0 Å². The van der Waals surface area contributed by atoms with Crippen LogP contribution in [0.5, 0.6) is 0 Å². The smallest absolute Gasteiger partial charge is 0.313 e. The first-order valence-electron chi connectivity index (χ1n) is 23.3. The van der Waals surface area contributed by atoms with Gasteiger partial charge in [-0.15, -0.1) is 0 Å². The van der Waals surface area contributed by atoms with E-state index >= 15 is 0 Å². The number of aliphatic hydroxyl groups excluding tert-OH is 2. The fraction of sp³-hybridized carbons (Fsp3) is 0.958. The highest BCUT2D eigenvalue weighted by atomic mass is 16.6. The summed E-state index contributed by atoms with van der Waals surface area (Å²) in [5.41, 5.74) is 1.55. The zero-order valence-electron chi connectivity index (χ0n) is 34.8. The maximum atomic E-state index is 13.1. The van der Waals surface area contributed by atoms with Crippen LogP contribution in [0.15, 0.2) is 0 Å². The molecule has 0 amide bonds. The summed E-state index contributed by atoms with van der Waals surface area (Å²) in [5, 5.41) is 20.9. The number of rotatable bonds is 8. The molecule has 0 aromatic carbocycles. The predicted octanol–water partition coefficient (Wildman–Crippen LogP) is 10.9. The summed E-state index contributed by atoms with van der Waals surface area (Å²) < 4.78 is 5.51. The molecule has 300 valence electrons. The van der Waals surface area contributed by atoms with Crippen molar-refractivity contribution >= 4 is 11.9 Å². The number of hydrogen-bond donors (Lipinski definition) is 2. The van der Waals surface area contributed by atoms with Gasteiger partial charge in [0.15, 0.2) is 0 Å². The zero-order chi connectivity index (χ0) is 37.5. The van der Waals surface area contributed by atoms with Crippen molar-refractivity contribution < 1.29 is 24.5 Å². The number of fused-ring (bicyclic) bond motifs is 10. The number of esters is 2. The van der Waals surface area contributed by atoms with Gasteiger partial charge in [-0.3, -0.25) is 9.59 Å². The molecule has 0 aromatic rings. The summed E-state index contributed by atoms with van der Waals surface area (Å²) in [5.74, 6) is 7.91. The Kier molecular flexibility index (Phi) is 10.6. The van der Waals surface area contributed by atoms with Gasteiger partial charge in [-0.2, -0.15) is 0 Å². The lowest BCUT2D eigenvalue weighted by molar-refractivity contribution is -0.160. The Labute approximate surface area is 323 Å². The van der Waals surface area contributed by atoms with Crippen LogP contribution in [0, 0.1) is 92.7 Å². The van der Waals surface area contributed by atoms with E-state index in [9.17, 15) is 19.8 Å². The lowest BCUT2D eigenvalue weighted by atomic mass is 9.44. The molecule has 5 nitrogen and oxygen atoms in total. The minimum atomic E-state index is -0.311. The summed E-state index contributed by atoms with van der Waals surface area (Å²) in [7, 11) is 0. The molecule has 18 atom stereocenters. The van der Waals surface area contributed by atoms with Crippen LogP contribution in [-0.2, 0) is 14.3 Å². The van der Waals surface area contributed by atoms with E-state index in [0.29, 0.717) is 70.0 Å². The number of carbonyl (C=O) groups excluding carboxylic acids is 2. The molecule has 53 heavy (non-hydrogen) atoms. The molecule has 8 fully saturated rings. The Morgan fingerprint density at radius 2 is 0.906 bits per heavy atom. The largest absolute Gasteiger partial charge is 0.393 e. The lowest BCUT2D eigenvalue weighted by Gasteiger charge is -2.61. The molecule has 0 bridgehead atoms. The molecule has 8 aliphatic rings. The third kappa shape index (κ3) is 6.54. The van der Waals surface area contributed by atoms with Gasteiger partial charge in [0.1, 0.15) is 0 Å². The SMILES string of the molecule is CC(CCC(=O)OC(=O)CCC(C)[C@H]1CC[C@H]2[C@@H]3CCC4C[C@H](O)CC[C@]4(C)[C@H]3CC[C@]12C)[C@H]1CC[C@H]2[C@@H]3CCC4C[C@H](O)CC[C@]4(C)[C@H]3CC[C@]12C. The van der Waals surface area contributed by atoms with Gasteiger partial charge in [0.25, 0.3) is 0 Å². The fourth-order valence-electron chi connectivity index (χ4n) is 17.7. The number of aliphatic hydroxyl groups is 2. The van der Waals surface area contributed by atoms with Crippen molar-refractivity contribution in [1.82, 2.24) is 0 Å². The predicted molar refractivity (Wildman–Crippen MR) is 210 cm³/mol. The molecule has 5 heteroatoms. The number of carbonyl (C=O) groups is 2. The van der Waals surface area contributed by atoms with E-state index in [-0.39, 0.29) is 24.1 Å². The van der Waals surface area contributed by atoms with Gasteiger partial charge in [-0.05, 0) is 221 Å². The highest BCUT2D eigenvalue weighted by molar-refractivity contribution is 5.85. The van der Waals surface area contributed by atoms with Crippen LogP contribution in [-0.4, -0.2) is 34.4 Å². The Morgan fingerprint density at radius 3 is 1.32 bits per heavy atom. The second-order valence-electron chi connectivity index (χ2n) is 22.5. The Balaban J connectivity index is 0.793. The third-order valence-electron chi connectivity index (χ3n) is 20.6. The van der Waals surface area contributed by atoms with E-state index in [1.807, 2.05) is 0 Å². The Morgan fingerprint density at radius 1 is 0.528 bits per heavy atom. The normalized spacial score (nSPS) is 51.4. The van der Waals surface area contributed by atoms with Gasteiger partial charge in [0.05, 0.1) is 12.2 Å². The van der Waals surface area contributed by atoms with Crippen LogP contribution in [0.3, 0.4) is 0 Å². The van der Waals surface area contributed by atoms with Crippen molar-refractivity contribution in [3.63, 3.8) is 0 Å². The molecule has 2 N–H and O–H groups in total. The van der Waals surface area contributed by atoms with Crippen molar-refractivity contribution in [1.29, 1.82) is 0 Å². The van der Waals surface area contributed by atoms with Crippen molar-refractivity contribution in [2.75, 3.05) is 0 Å². The lowest BCUT2D eigenvalue weighted by Crippen LogP contribution is -2.54. The average Bonchev–Trinajstić information content (AvgIpc) is 3.67. The minimum absolute atomic E-state index is 0.0811. The first-order valence-corrected chi connectivity index (χ1v) is 23.3. The molecule has 8 aliphatic carbocycles. The Bertz CT molecular complexity index is 1260. The molecule has 0 spiro atoms. The van der Waals surface area contributed by atoms with Gasteiger partial charge in [-0.1, -0.05) is 41.5 Å². The molecule has 0 aliphatic heterocycles. The molecule has 4 unspecified atom stereocenters. The summed E-state index contributed by atoms with van der Waals surface area (Å²) in [6, 6.07) is 0. The van der Waals surface area contributed by atoms with Crippen LogP contribution in [0.2, 0.25) is 0 Å². The topological polar surface area (TPSA) is 83.8 Å². The van der Waals surface area contributed by atoms with Crippen molar-refractivity contribution in [2.24, 2.45) is 92.7 Å². The van der Waals surface area contributed by atoms with E-state index in [4.69, 9.17) is 4.74 Å². The van der Waals surface area contributed by atoms with Crippen molar-refractivity contribution in [3.05, 3.63) is 0 Å². The van der Waals surface area contributed by atoms with Crippen LogP contribution in [0.25, 0.3) is 0 Å². The highest BCUT2D eigenvalue weighted by Crippen LogP contribution is 2.70. The van der Waals surface area contributed by atoms with Crippen LogP contribution < -0.4 is 0 Å². The average molecular weight is 735 g/mol. The summed E-state index contributed by atoms with van der Waals surface area (Å²) in [4.78, 5) is 26.1. The quantitative estimate of drug-likeness (QED) is 0.192. The van der Waals surface area contributed by atoms with Crippen LogP contribution >= 0.6 is 0 Å². The second kappa shape index (κ2) is 14.5. The van der Waals surface area contributed by atoms with Crippen molar-refractivity contribution in [2.45, 2.75) is 195 Å². The number of hydrogen-bond acceptors (Lipinski definition) is 5. The van der Waals surface area contributed by atoms with Crippen LogP contribution in [0.1, 0.15) is 183 Å². The van der Waals surface area contributed by atoms with E-state index in [1.165, 1.54) is 89.9 Å². The molecular formula is C48H78O5. The van der Waals surface area contributed by atoms with Gasteiger partial charge in [-0.25, -0.2) is 0 Å². The summed E-state index contributed by atoms with van der Waals surface area (Å²) >= 11 is 0. The van der Waals surface area contributed by atoms with Gasteiger partial charge >= 0.3 is 11.9 Å². The van der Waals surface area contributed by atoms with Gasteiger partial charge in [0, 0.05) is 12.8 Å². The van der Waals surface area contributed by atoms with Gasteiger partial charge < -0.3 is 14.9 Å². The zero-order valence-corrected chi connectivity index (χ0v) is 34.8. The maximum absolute atomic E-state index is 13.1. The molecule has 8 rings (SSSR count). The fourth-order valence-corrected chi connectivity index (χ4v) is 17.7. The maximum Gasteiger partial charge on any atom is 0.313 e. The van der Waals surface area contributed by atoms with Crippen molar-refractivity contribution in [3.8, 4) is 0 Å². The van der Waals surface area contributed by atoms with Gasteiger partial charge in [0.2, 0.25) is 0 Å². The highest BCUT2D eigenvalue weighted by Gasteiger charge is 2.62. The second-order valence-corrected chi connectivity index (χ2v) is 22.5. The molecule has 8 saturated carbocycles. The van der Waals surface area contributed by atoms with E-state index in [2.05, 4.69) is 41.5 Å².